The van der Waals surface area contributed by atoms with Crippen molar-refractivity contribution in [2.75, 3.05) is 5.75 Å². The fourth-order valence-electron chi connectivity index (χ4n) is 1.50. The lowest BCUT2D eigenvalue weighted by Crippen LogP contribution is -2.29. The molecule has 0 amide bonds. The predicted octanol–water partition coefficient (Wildman–Crippen LogP) is 2.59. The maximum absolute atomic E-state index is 11.9. The number of carbonyl (C=O) groups excluding carboxylic acids is 1. The quantitative estimate of drug-likeness (QED) is 0.623. The lowest BCUT2D eigenvalue weighted by Gasteiger charge is -2.20. The summed E-state index contributed by atoms with van der Waals surface area (Å²) in [6.07, 6.45) is 0. The molecule has 4 heteroatoms. The first-order chi connectivity index (χ1) is 8.28. The molecule has 0 saturated heterocycles. The van der Waals surface area contributed by atoms with Crippen LogP contribution in [0.2, 0.25) is 0 Å². The van der Waals surface area contributed by atoms with Gasteiger partial charge in [0.1, 0.15) is 11.4 Å². The predicted molar refractivity (Wildman–Crippen MR) is 73.7 cm³/mol. The molecule has 0 radical (unpaired) electrons. The van der Waals surface area contributed by atoms with Gasteiger partial charge in [-0.25, -0.2) is 4.79 Å². The lowest BCUT2D eigenvalue weighted by atomic mass is 10.1. The molecule has 100 valence electrons. The fourth-order valence-corrected chi connectivity index (χ4v) is 2.59. The van der Waals surface area contributed by atoms with Gasteiger partial charge < -0.3 is 9.29 Å². The Balaban J connectivity index is 2.50. The Morgan fingerprint density at radius 3 is 2.50 bits per heavy atom. The third kappa shape index (κ3) is 5.56. The molecule has 0 fully saturated rings. The van der Waals surface area contributed by atoms with Gasteiger partial charge in [0.25, 0.3) is 0 Å². The van der Waals surface area contributed by atoms with Crippen molar-refractivity contribution in [2.45, 2.75) is 39.0 Å². The standard InChI is InChI=1S/C14H20O3S/c1-11-7-5-6-8-12(11)9-18(16)10-13(15)17-14(2,3)4/h5-8H,9-10H2,1-4H3. The van der Waals surface area contributed by atoms with Crippen molar-refractivity contribution in [1.29, 1.82) is 0 Å². The molecule has 0 aliphatic heterocycles. The summed E-state index contributed by atoms with van der Waals surface area (Å²) in [4.78, 5) is 11.5. The maximum Gasteiger partial charge on any atom is 0.356 e. The van der Waals surface area contributed by atoms with E-state index in [9.17, 15) is 9.35 Å². The Bertz CT molecular complexity index is 410. The lowest BCUT2D eigenvalue weighted by molar-refractivity contribution is -0.151. The van der Waals surface area contributed by atoms with E-state index in [0.717, 1.165) is 11.1 Å². The number of aryl methyl sites for hydroxylation is 1. The summed E-state index contributed by atoms with van der Waals surface area (Å²) in [5, 5.41) is 0. The molecule has 1 aromatic carbocycles. The van der Waals surface area contributed by atoms with Crippen LogP contribution in [0.4, 0.5) is 0 Å². The molecule has 0 heterocycles. The number of hydrogen-bond acceptors (Lipinski definition) is 3. The molecule has 0 saturated carbocycles. The van der Waals surface area contributed by atoms with E-state index in [2.05, 4.69) is 0 Å². The second-order valence-corrected chi connectivity index (χ2v) is 6.70. The second kappa shape index (κ2) is 6.25. The van der Waals surface area contributed by atoms with Gasteiger partial charge >= 0.3 is 5.97 Å². The van der Waals surface area contributed by atoms with E-state index in [1.165, 1.54) is 0 Å². The molecule has 18 heavy (non-hydrogen) atoms. The molecule has 1 aromatic rings. The first-order valence-electron chi connectivity index (χ1n) is 5.89. The molecule has 0 bridgehead atoms. The third-order valence-electron chi connectivity index (χ3n) is 2.28. The molecule has 1 rings (SSSR count). The van der Waals surface area contributed by atoms with E-state index in [-0.39, 0.29) is 5.75 Å². The minimum Gasteiger partial charge on any atom is -0.616 e. The molecule has 3 nitrogen and oxygen atoms in total. The monoisotopic (exact) mass is 268 g/mol. The zero-order valence-corrected chi connectivity index (χ0v) is 12.2. The van der Waals surface area contributed by atoms with Crippen LogP contribution >= 0.6 is 0 Å². The van der Waals surface area contributed by atoms with Crippen LogP contribution in [-0.4, -0.2) is 21.9 Å². The fraction of sp³-hybridized carbons (Fsp3) is 0.500. The van der Waals surface area contributed by atoms with E-state index < -0.39 is 22.7 Å². The number of hydrogen-bond donors (Lipinski definition) is 0. The zero-order chi connectivity index (χ0) is 13.8. The molecule has 1 unspecified atom stereocenters. The van der Waals surface area contributed by atoms with Gasteiger partial charge in [0.15, 0.2) is 0 Å². The van der Waals surface area contributed by atoms with E-state index in [0.29, 0.717) is 5.75 Å². The summed E-state index contributed by atoms with van der Waals surface area (Å²) in [5.41, 5.74) is 1.58. The van der Waals surface area contributed by atoms with Crippen LogP contribution in [0, 0.1) is 6.92 Å². The van der Waals surface area contributed by atoms with Crippen LogP contribution in [0.5, 0.6) is 0 Å². The summed E-state index contributed by atoms with van der Waals surface area (Å²) < 4.78 is 17.0. The Kier molecular flexibility index (Phi) is 5.23. The summed E-state index contributed by atoms with van der Waals surface area (Å²) in [6, 6.07) is 7.75. The molecule has 0 aliphatic rings. The van der Waals surface area contributed by atoms with E-state index in [4.69, 9.17) is 4.74 Å². The van der Waals surface area contributed by atoms with Crippen LogP contribution in [0.15, 0.2) is 24.3 Å². The Labute approximate surface area is 112 Å². The Morgan fingerprint density at radius 1 is 1.33 bits per heavy atom. The van der Waals surface area contributed by atoms with Gasteiger partial charge in [0.05, 0.1) is 0 Å². The maximum atomic E-state index is 11.9. The minimum atomic E-state index is -1.22. The molecule has 0 spiro atoms. The average molecular weight is 268 g/mol. The average Bonchev–Trinajstić information content (AvgIpc) is 2.18. The molecule has 0 N–H and O–H groups in total. The molecule has 0 aliphatic carbocycles. The first kappa shape index (κ1) is 15.1. The van der Waals surface area contributed by atoms with Gasteiger partial charge in [0, 0.05) is 5.56 Å². The number of rotatable bonds is 4. The summed E-state index contributed by atoms with van der Waals surface area (Å²) in [5.74, 6) is -0.0632. The molecular formula is C14H20O3S. The van der Waals surface area contributed by atoms with Crippen LogP contribution in [0.3, 0.4) is 0 Å². The van der Waals surface area contributed by atoms with Crippen molar-refractivity contribution in [3.05, 3.63) is 35.4 Å². The number of esters is 1. The van der Waals surface area contributed by atoms with Crippen molar-refractivity contribution in [2.24, 2.45) is 0 Å². The topological polar surface area (TPSA) is 49.4 Å². The van der Waals surface area contributed by atoms with Crippen LogP contribution in [0.1, 0.15) is 31.9 Å². The van der Waals surface area contributed by atoms with E-state index in [1.807, 2.05) is 31.2 Å². The highest BCUT2D eigenvalue weighted by Gasteiger charge is 2.21. The van der Waals surface area contributed by atoms with Crippen molar-refractivity contribution in [3.8, 4) is 0 Å². The van der Waals surface area contributed by atoms with Gasteiger partial charge in [-0.05, 0) is 44.4 Å². The summed E-state index contributed by atoms with van der Waals surface area (Å²) in [7, 11) is 0. The highest BCUT2D eigenvalue weighted by Crippen LogP contribution is 2.13. The van der Waals surface area contributed by atoms with Gasteiger partial charge in [-0.2, -0.15) is 0 Å². The van der Waals surface area contributed by atoms with Gasteiger partial charge in [-0.1, -0.05) is 24.3 Å². The van der Waals surface area contributed by atoms with Gasteiger partial charge in [-0.3, -0.25) is 0 Å². The third-order valence-corrected chi connectivity index (χ3v) is 3.47. The molecular weight excluding hydrogens is 248 g/mol. The first-order valence-corrected chi connectivity index (χ1v) is 7.38. The SMILES string of the molecule is Cc1ccccc1C[S+]([O-])CC(=O)OC(C)(C)C. The van der Waals surface area contributed by atoms with Crippen molar-refractivity contribution >= 4 is 17.1 Å². The number of carbonyl (C=O) groups is 1. The van der Waals surface area contributed by atoms with Crippen LogP contribution < -0.4 is 0 Å². The number of benzene rings is 1. The van der Waals surface area contributed by atoms with E-state index in [1.54, 1.807) is 20.8 Å². The second-order valence-electron chi connectivity index (χ2n) is 5.24. The smallest absolute Gasteiger partial charge is 0.356 e. The normalized spacial score (nSPS) is 13.2. The largest absolute Gasteiger partial charge is 0.616 e. The summed E-state index contributed by atoms with van der Waals surface area (Å²) in [6.45, 7) is 7.37. The highest BCUT2D eigenvalue weighted by atomic mass is 32.2. The van der Waals surface area contributed by atoms with Crippen LogP contribution in [-0.2, 0) is 26.5 Å². The van der Waals surface area contributed by atoms with Gasteiger partial charge in [0.2, 0.25) is 5.75 Å². The zero-order valence-electron chi connectivity index (χ0n) is 11.4. The molecule has 1 atom stereocenters. The Morgan fingerprint density at radius 2 is 1.94 bits per heavy atom. The summed E-state index contributed by atoms with van der Waals surface area (Å²) >= 11 is -1.22. The molecule has 0 aromatic heterocycles. The van der Waals surface area contributed by atoms with E-state index >= 15 is 0 Å². The minimum absolute atomic E-state index is 0.0500. The van der Waals surface area contributed by atoms with Crippen molar-refractivity contribution in [3.63, 3.8) is 0 Å². The van der Waals surface area contributed by atoms with Gasteiger partial charge in [-0.15, -0.1) is 0 Å². The van der Waals surface area contributed by atoms with Crippen LogP contribution in [0.25, 0.3) is 0 Å². The Hall–Kier alpha value is -1.00. The number of ether oxygens (including phenoxy) is 1. The van der Waals surface area contributed by atoms with Crippen molar-refractivity contribution in [1.82, 2.24) is 0 Å². The highest BCUT2D eigenvalue weighted by molar-refractivity contribution is 7.91. The van der Waals surface area contributed by atoms with Crippen molar-refractivity contribution < 1.29 is 14.1 Å².